The van der Waals surface area contributed by atoms with Crippen molar-refractivity contribution in [1.82, 2.24) is 5.32 Å². The fourth-order valence-electron chi connectivity index (χ4n) is 2.59. The van der Waals surface area contributed by atoms with Gasteiger partial charge in [-0.1, -0.05) is 12.1 Å². The summed E-state index contributed by atoms with van der Waals surface area (Å²) < 4.78 is 23.1. The Labute approximate surface area is 177 Å². The van der Waals surface area contributed by atoms with E-state index in [-0.39, 0.29) is 12.1 Å². The summed E-state index contributed by atoms with van der Waals surface area (Å²) in [5, 5.41) is 7.93. The normalized spacial score (nSPS) is 10.2. The number of rotatable bonds is 9. The van der Waals surface area contributed by atoms with Gasteiger partial charge in [-0.15, -0.1) is 0 Å². The number of para-hydroxylation sites is 1. The van der Waals surface area contributed by atoms with E-state index in [1.54, 1.807) is 42.7 Å². The van der Waals surface area contributed by atoms with E-state index < -0.39 is 30.2 Å². The second-order valence-electron chi connectivity index (χ2n) is 6.39. The molecule has 0 unspecified atom stereocenters. The highest BCUT2D eigenvalue weighted by molar-refractivity contribution is 5.97. The molecule has 3 N–H and O–H groups in total. The number of ether oxygens (including phenoxy) is 1. The smallest absolute Gasteiger partial charge is 0.340 e. The van der Waals surface area contributed by atoms with Crippen LogP contribution in [0.4, 0.5) is 15.8 Å². The molecule has 0 fully saturated rings. The highest BCUT2D eigenvalue weighted by Gasteiger charge is 2.15. The van der Waals surface area contributed by atoms with Gasteiger partial charge in [-0.3, -0.25) is 9.59 Å². The summed E-state index contributed by atoms with van der Waals surface area (Å²) >= 11 is 0. The number of nitrogens with one attached hydrogen (secondary N) is 3. The first-order valence-electron chi connectivity index (χ1n) is 9.36. The van der Waals surface area contributed by atoms with Gasteiger partial charge >= 0.3 is 5.97 Å². The van der Waals surface area contributed by atoms with E-state index in [2.05, 4.69) is 16.0 Å². The number of furan rings is 1. The molecule has 0 aliphatic heterocycles. The molecule has 0 atom stereocenters. The van der Waals surface area contributed by atoms with E-state index in [4.69, 9.17) is 9.15 Å². The number of halogens is 1. The van der Waals surface area contributed by atoms with Crippen molar-refractivity contribution in [3.63, 3.8) is 0 Å². The maximum Gasteiger partial charge on any atom is 0.340 e. The summed E-state index contributed by atoms with van der Waals surface area (Å²) in [5.74, 6) is -1.55. The zero-order valence-corrected chi connectivity index (χ0v) is 16.4. The molecule has 0 bridgehead atoms. The molecular formula is C22H20FN3O5. The monoisotopic (exact) mass is 425 g/mol. The van der Waals surface area contributed by atoms with Gasteiger partial charge in [0.1, 0.15) is 11.6 Å². The SMILES string of the molecule is O=C(COC(=O)c1ccccc1NCc1ccco1)NCC(=O)Nc1ccc(F)cc1. The zero-order chi connectivity index (χ0) is 22.1. The fourth-order valence-corrected chi connectivity index (χ4v) is 2.59. The van der Waals surface area contributed by atoms with Crippen molar-refractivity contribution in [2.75, 3.05) is 23.8 Å². The molecule has 1 aromatic heterocycles. The highest BCUT2D eigenvalue weighted by atomic mass is 19.1. The Hall–Kier alpha value is -4.14. The van der Waals surface area contributed by atoms with Crippen LogP contribution in [0.2, 0.25) is 0 Å². The molecule has 0 radical (unpaired) electrons. The maximum absolute atomic E-state index is 12.9. The molecule has 0 aliphatic rings. The van der Waals surface area contributed by atoms with Crippen molar-refractivity contribution >= 4 is 29.2 Å². The molecule has 3 rings (SSSR count). The van der Waals surface area contributed by atoms with Crippen LogP contribution in [0.3, 0.4) is 0 Å². The Kier molecular flexibility index (Phi) is 7.36. The van der Waals surface area contributed by atoms with Crippen molar-refractivity contribution in [3.05, 3.63) is 84.1 Å². The van der Waals surface area contributed by atoms with Crippen molar-refractivity contribution in [3.8, 4) is 0 Å². The second kappa shape index (κ2) is 10.6. The number of hydrogen-bond donors (Lipinski definition) is 3. The van der Waals surface area contributed by atoms with Crippen molar-refractivity contribution < 1.29 is 27.9 Å². The van der Waals surface area contributed by atoms with Gasteiger partial charge in [0.2, 0.25) is 5.91 Å². The summed E-state index contributed by atoms with van der Waals surface area (Å²) in [7, 11) is 0. The Balaban J connectivity index is 1.44. The van der Waals surface area contributed by atoms with Crippen molar-refractivity contribution in [2.45, 2.75) is 6.54 Å². The average molecular weight is 425 g/mol. The number of anilines is 2. The minimum absolute atomic E-state index is 0.260. The number of amides is 2. The van der Waals surface area contributed by atoms with E-state index in [9.17, 15) is 18.8 Å². The molecule has 2 aromatic carbocycles. The highest BCUT2D eigenvalue weighted by Crippen LogP contribution is 2.17. The first-order valence-corrected chi connectivity index (χ1v) is 9.36. The molecule has 160 valence electrons. The molecule has 0 saturated carbocycles. The second-order valence-corrected chi connectivity index (χ2v) is 6.39. The zero-order valence-electron chi connectivity index (χ0n) is 16.4. The maximum atomic E-state index is 12.9. The van der Waals surface area contributed by atoms with E-state index >= 15 is 0 Å². The molecule has 0 saturated heterocycles. The van der Waals surface area contributed by atoms with Crippen LogP contribution in [0.5, 0.6) is 0 Å². The van der Waals surface area contributed by atoms with Crippen molar-refractivity contribution in [2.24, 2.45) is 0 Å². The lowest BCUT2D eigenvalue weighted by molar-refractivity contribution is -0.126. The quantitative estimate of drug-likeness (QED) is 0.455. The molecule has 31 heavy (non-hydrogen) atoms. The third-order valence-electron chi connectivity index (χ3n) is 4.09. The Morgan fingerprint density at radius 2 is 1.71 bits per heavy atom. The van der Waals surface area contributed by atoms with Gasteiger partial charge in [-0.05, 0) is 48.5 Å². The van der Waals surface area contributed by atoms with Crippen LogP contribution in [-0.4, -0.2) is 30.9 Å². The molecule has 0 spiro atoms. The first-order chi connectivity index (χ1) is 15.0. The third kappa shape index (κ3) is 6.70. The van der Waals surface area contributed by atoms with E-state index in [1.807, 2.05) is 0 Å². The first kappa shape index (κ1) is 21.6. The van der Waals surface area contributed by atoms with Crippen LogP contribution in [0.25, 0.3) is 0 Å². The molecule has 2 amide bonds. The Morgan fingerprint density at radius 3 is 2.45 bits per heavy atom. The van der Waals surface area contributed by atoms with E-state index in [1.165, 1.54) is 24.3 Å². The predicted molar refractivity (Wildman–Crippen MR) is 111 cm³/mol. The third-order valence-corrected chi connectivity index (χ3v) is 4.09. The van der Waals surface area contributed by atoms with Crippen LogP contribution in [-0.2, 0) is 20.9 Å². The summed E-state index contributed by atoms with van der Waals surface area (Å²) in [6.07, 6.45) is 1.55. The number of carbonyl (C=O) groups is 3. The van der Waals surface area contributed by atoms with Gasteiger partial charge in [0, 0.05) is 11.4 Å². The van der Waals surface area contributed by atoms with Gasteiger partial charge < -0.3 is 25.1 Å². The molecular weight excluding hydrogens is 405 g/mol. The van der Waals surface area contributed by atoms with Gasteiger partial charge in [0.05, 0.1) is 24.9 Å². The van der Waals surface area contributed by atoms with Gasteiger partial charge in [-0.25, -0.2) is 9.18 Å². The molecule has 8 nitrogen and oxygen atoms in total. The summed E-state index contributed by atoms with van der Waals surface area (Å²) in [6.45, 7) is -0.495. The summed E-state index contributed by atoms with van der Waals surface area (Å²) in [4.78, 5) is 36.1. The predicted octanol–water partition coefficient (Wildman–Crippen LogP) is 2.94. The van der Waals surface area contributed by atoms with E-state index in [0.29, 0.717) is 23.7 Å². The van der Waals surface area contributed by atoms with Crippen LogP contribution in [0, 0.1) is 5.82 Å². The molecule has 9 heteroatoms. The Morgan fingerprint density at radius 1 is 0.935 bits per heavy atom. The van der Waals surface area contributed by atoms with Crippen LogP contribution >= 0.6 is 0 Å². The fraction of sp³-hybridized carbons (Fsp3) is 0.136. The minimum atomic E-state index is -0.687. The topological polar surface area (TPSA) is 110 Å². The number of benzene rings is 2. The van der Waals surface area contributed by atoms with Gasteiger partial charge in [-0.2, -0.15) is 0 Å². The molecule has 0 aliphatic carbocycles. The number of carbonyl (C=O) groups excluding carboxylic acids is 3. The number of esters is 1. The minimum Gasteiger partial charge on any atom is -0.467 e. The Bertz CT molecular complexity index is 1040. The van der Waals surface area contributed by atoms with Gasteiger partial charge in [0.15, 0.2) is 6.61 Å². The number of hydrogen-bond acceptors (Lipinski definition) is 6. The lowest BCUT2D eigenvalue weighted by atomic mass is 10.2. The lowest BCUT2D eigenvalue weighted by Crippen LogP contribution is -2.35. The van der Waals surface area contributed by atoms with E-state index in [0.717, 1.165) is 0 Å². The van der Waals surface area contributed by atoms with Gasteiger partial charge in [0.25, 0.3) is 5.91 Å². The average Bonchev–Trinajstić information content (AvgIpc) is 3.30. The van der Waals surface area contributed by atoms with Crippen LogP contribution in [0.1, 0.15) is 16.1 Å². The van der Waals surface area contributed by atoms with Crippen molar-refractivity contribution in [1.29, 1.82) is 0 Å². The molecule has 3 aromatic rings. The largest absolute Gasteiger partial charge is 0.467 e. The summed E-state index contributed by atoms with van der Waals surface area (Å²) in [6, 6.07) is 15.5. The summed E-state index contributed by atoms with van der Waals surface area (Å²) in [5.41, 5.74) is 1.18. The lowest BCUT2D eigenvalue weighted by Gasteiger charge is -2.11. The molecule has 1 heterocycles. The standard InChI is InChI=1S/C22H20FN3O5/c23-15-7-9-16(10-8-15)26-20(27)13-25-21(28)14-31-22(29)18-5-1-2-6-19(18)24-12-17-4-3-11-30-17/h1-11,24H,12-14H2,(H,25,28)(H,26,27). The van der Waals surface area contributed by atoms with Crippen LogP contribution in [0.15, 0.2) is 71.3 Å². The van der Waals surface area contributed by atoms with Crippen LogP contribution < -0.4 is 16.0 Å².